The zero-order valence-corrected chi connectivity index (χ0v) is 6.71. The summed E-state index contributed by atoms with van der Waals surface area (Å²) in [5, 5.41) is 9.87. The van der Waals surface area contributed by atoms with Gasteiger partial charge in [-0.3, -0.25) is 0 Å². The van der Waals surface area contributed by atoms with E-state index in [0.29, 0.717) is 16.9 Å². The normalized spacial score (nSPS) is 20.2. The van der Waals surface area contributed by atoms with Crippen molar-refractivity contribution >= 4 is 11.6 Å². The molecule has 1 unspecified atom stereocenters. The lowest BCUT2D eigenvalue weighted by Gasteiger charge is -2.03. The Morgan fingerprint density at radius 1 is 1.55 bits per heavy atom. The van der Waals surface area contributed by atoms with E-state index in [2.05, 4.69) is 0 Å². The van der Waals surface area contributed by atoms with E-state index in [1.54, 1.807) is 12.1 Å². The van der Waals surface area contributed by atoms with Crippen molar-refractivity contribution in [2.45, 2.75) is 18.9 Å². The van der Waals surface area contributed by atoms with Crippen LogP contribution >= 0.6 is 11.6 Å². The summed E-state index contributed by atoms with van der Waals surface area (Å²) in [5.74, 6) is 0.995. The van der Waals surface area contributed by atoms with Crippen LogP contribution in [0.1, 0.15) is 24.7 Å². The number of furan rings is 1. The van der Waals surface area contributed by atoms with Crippen molar-refractivity contribution in [2.24, 2.45) is 5.92 Å². The molecule has 1 saturated carbocycles. The predicted octanol–water partition coefficient (Wildman–Crippen LogP) is 2.38. The second kappa shape index (κ2) is 2.54. The van der Waals surface area contributed by atoms with Crippen LogP contribution in [0, 0.1) is 5.92 Å². The fraction of sp³-hybridized carbons (Fsp3) is 0.500. The molecular formula is C8H9ClO2. The van der Waals surface area contributed by atoms with Gasteiger partial charge in [0.25, 0.3) is 0 Å². The zero-order chi connectivity index (χ0) is 7.84. The van der Waals surface area contributed by atoms with Crippen LogP contribution in [0.2, 0.25) is 5.22 Å². The summed E-state index contributed by atoms with van der Waals surface area (Å²) in [7, 11) is 0. The van der Waals surface area contributed by atoms with Gasteiger partial charge in [0.15, 0.2) is 5.22 Å². The zero-order valence-electron chi connectivity index (χ0n) is 5.96. The van der Waals surface area contributed by atoms with Crippen LogP contribution in [-0.2, 0) is 0 Å². The molecule has 0 saturated heterocycles. The summed E-state index contributed by atoms with van der Waals surface area (Å²) >= 11 is 5.55. The molecule has 11 heavy (non-hydrogen) atoms. The molecule has 1 heterocycles. The van der Waals surface area contributed by atoms with Gasteiger partial charge in [-0.05, 0) is 42.5 Å². The Labute approximate surface area is 69.8 Å². The molecule has 0 aromatic carbocycles. The highest BCUT2D eigenvalue weighted by Crippen LogP contribution is 2.41. The lowest BCUT2D eigenvalue weighted by Crippen LogP contribution is -1.96. The number of halogens is 1. The summed E-state index contributed by atoms with van der Waals surface area (Å²) < 4.78 is 5.06. The third-order valence-electron chi connectivity index (χ3n) is 1.95. The molecule has 0 amide bonds. The van der Waals surface area contributed by atoms with Crippen molar-refractivity contribution < 1.29 is 9.52 Å². The Morgan fingerprint density at radius 3 is 2.73 bits per heavy atom. The van der Waals surface area contributed by atoms with Crippen LogP contribution in [0.25, 0.3) is 0 Å². The first-order valence-electron chi connectivity index (χ1n) is 3.70. The van der Waals surface area contributed by atoms with Gasteiger partial charge >= 0.3 is 0 Å². The molecule has 1 aliphatic carbocycles. The summed E-state index contributed by atoms with van der Waals surface area (Å²) in [6.45, 7) is 0. The van der Waals surface area contributed by atoms with Gasteiger partial charge in [0.2, 0.25) is 0 Å². The maximum Gasteiger partial charge on any atom is 0.193 e. The predicted molar refractivity (Wildman–Crippen MR) is 41.4 cm³/mol. The molecule has 2 rings (SSSR count). The first kappa shape index (κ1) is 7.19. The molecule has 0 radical (unpaired) electrons. The molecule has 1 aromatic heterocycles. The Kier molecular flexibility index (Phi) is 1.66. The van der Waals surface area contributed by atoms with Crippen molar-refractivity contribution in [1.82, 2.24) is 0 Å². The van der Waals surface area contributed by atoms with Gasteiger partial charge in [-0.2, -0.15) is 0 Å². The SMILES string of the molecule is OC(c1ccc(Cl)o1)C1CC1. The second-order valence-electron chi connectivity index (χ2n) is 2.92. The standard InChI is InChI=1S/C8H9ClO2/c9-7-4-3-6(11-7)8(10)5-1-2-5/h3-5,8,10H,1-2H2. The average Bonchev–Trinajstić information content (AvgIpc) is 2.74. The quantitative estimate of drug-likeness (QED) is 0.743. The first-order chi connectivity index (χ1) is 5.27. The lowest BCUT2D eigenvalue weighted by atomic mass is 10.2. The lowest BCUT2D eigenvalue weighted by molar-refractivity contribution is 0.127. The molecule has 3 heteroatoms. The van der Waals surface area contributed by atoms with E-state index < -0.39 is 6.10 Å². The van der Waals surface area contributed by atoms with Crippen LogP contribution in [0.3, 0.4) is 0 Å². The smallest absolute Gasteiger partial charge is 0.193 e. The molecule has 1 aromatic rings. The number of hydrogen-bond donors (Lipinski definition) is 1. The molecular weight excluding hydrogens is 164 g/mol. The van der Waals surface area contributed by atoms with Crippen molar-refractivity contribution in [3.05, 3.63) is 23.1 Å². The third-order valence-corrected chi connectivity index (χ3v) is 2.16. The molecule has 1 atom stereocenters. The van der Waals surface area contributed by atoms with E-state index in [9.17, 15) is 5.11 Å². The van der Waals surface area contributed by atoms with Crippen LogP contribution in [0.15, 0.2) is 16.5 Å². The van der Waals surface area contributed by atoms with Crippen molar-refractivity contribution in [3.8, 4) is 0 Å². The van der Waals surface area contributed by atoms with E-state index in [1.807, 2.05) is 0 Å². The fourth-order valence-corrected chi connectivity index (χ4v) is 1.28. The number of rotatable bonds is 2. The Bertz CT molecular complexity index is 252. The summed E-state index contributed by atoms with van der Waals surface area (Å²) in [6, 6.07) is 3.38. The van der Waals surface area contributed by atoms with Gasteiger partial charge in [-0.1, -0.05) is 0 Å². The van der Waals surface area contributed by atoms with E-state index in [-0.39, 0.29) is 0 Å². The highest BCUT2D eigenvalue weighted by Gasteiger charge is 2.32. The molecule has 0 spiro atoms. The van der Waals surface area contributed by atoms with Crippen molar-refractivity contribution in [2.75, 3.05) is 0 Å². The Balaban J connectivity index is 2.14. The molecule has 60 valence electrons. The minimum absolute atomic E-state index is 0.347. The van der Waals surface area contributed by atoms with E-state index in [1.165, 1.54) is 0 Å². The summed E-state index contributed by atoms with van der Waals surface area (Å²) in [4.78, 5) is 0. The fourth-order valence-electron chi connectivity index (χ4n) is 1.13. The van der Waals surface area contributed by atoms with Crippen molar-refractivity contribution in [3.63, 3.8) is 0 Å². The molecule has 2 nitrogen and oxygen atoms in total. The van der Waals surface area contributed by atoms with E-state index in [4.69, 9.17) is 16.0 Å². The maximum absolute atomic E-state index is 9.52. The van der Waals surface area contributed by atoms with E-state index in [0.717, 1.165) is 12.8 Å². The largest absolute Gasteiger partial charge is 0.447 e. The summed E-state index contributed by atoms with van der Waals surface area (Å²) in [6.07, 6.45) is 1.75. The highest BCUT2D eigenvalue weighted by atomic mass is 35.5. The van der Waals surface area contributed by atoms with Gasteiger partial charge in [-0.25, -0.2) is 0 Å². The van der Waals surface area contributed by atoms with Crippen molar-refractivity contribution in [1.29, 1.82) is 0 Å². The molecule has 1 N–H and O–H groups in total. The number of hydrogen-bond acceptors (Lipinski definition) is 2. The van der Waals surface area contributed by atoms with Crippen LogP contribution in [0.4, 0.5) is 0 Å². The monoisotopic (exact) mass is 172 g/mol. The Morgan fingerprint density at radius 2 is 2.27 bits per heavy atom. The van der Waals surface area contributed by atoms with Gasteiger partial charge in [0, 0.05) is 0 Å². The minimum atomic E-state index is -0.442. The maximum atomic E-state index is 9.52. The van der Waals surface area contributed by atoms with Gasteiger partial charge in [0.1, 0.15) is 11.9 Å². The molecule has 1 aliphatic rings. The third kappa shape index (κ3) is 1.42. The van der Waals surface area contributed by atoms with Crippen LogP contribution in [-0.4, -0.2) is 5.11 Å². The van der Waals surface area contributed by atoms with Crippen LogP contribution < -0.4 is 0 Å². The van der Waals surface area contributed by atoms with Gasteiger partial charge < -0.3 is 9.52 Å². The first-order valence-corrected chi connectivity index (χ1v) is 4.08. The van der Waals surface area contributed by atoms with Gasteiger partial charge in [-0.15, -0.1) is 0 Å². The highest BCUT2D eigenvalue weighted by molar-refractivity contribution is 6.28. The molecule has 0 aliphatic heterocycles. The molecule has 1 fully saturated rings. The number of aliphatic hydroxyl groups excluding tert-OH is 1. The molecule has 0 bridgehead atoms. The topological polar surface area (TPSA) is 33.4 Å². The average molecular weight is 173 g/mol. The van der Waals surface area contributed by atoms with Gasteiger partial charge in [0.05, 0.1) is 0 Å². The second-order valence-corrected chi connectivity index (χ2v) is 3.30. The number of aliphatic hydroxyl groups is 1. The van der Waals surface area contributed by atoms with Crippen LogP contribution in [0.5, 0.6) is 0 Å². The van der Waals surface area contributed by atoms with E-state index >= 15 is 0 Å². The Hall–Kier alpha value is -0.470. The minimum Gasteiger partial charge on any atom is -0.447 e. The summed E-state index contributed by atoms with van der Waals surface area (Å²) in [5.41, 5.74) is 0.